The lowest BCUT2D eigenvalue weighted by Crippen LogP contribution is -2.43. The zero-order chi connectivity index (χ0) is 22.2. The molecule has 166 valence electrons. The van der Waals surface area contributed by atoms with E-state index >= 15 is 0 Å². The molecule has 4 atom stereocenters. The Hall–Kier alpha value is -2.45. The van der Waals surface area contributed by atoms with Gasteiger partial charge in [-0.1, -0.05) is 32.0 Å². The highest BCUT2D eigenvalue weighted by Gasteiger charge is 2.34. The average molecular weight is 443 g/mol. The normalized spacial score (nSPS) is 23.0. The highest BCUT2D eigenvalue weighted by Crippen LogP contribution is 2.38. The predicted molar refractivity (Wildman–Crippen MR) is 121 cm³/mol. The van der Waals surface area contributed by atoms with Crippen LogP contribution in [-0.2, 0) is 10.0 Å². The van der Waals surface area contributed by atoms with Crippen molar-refractivity contribution in [2.45, 2.75) is 44.0 Å². The molecule has 1 N–H and O–H groups in total. The number of rotatable bonds is 6. The number of hydrogen-bond donors (Lipinski definition) is 1. The molecule has 1 aromatic carbocycles. The zero-order valence-corrected chi connectivity index (χ0v) is 19.0. The third-order valence-corrected chi connectivity index (χ3v) is 8.53. The van der Waals surface area contributed by atoms with Gasteiger partial charge in [0.25, 0.3) is 10.0 Å². The molecule has 31 heavy (non-hydrogen) atoms. The Bertz CT molecular complexity index is 1150. The summed E-state index contributed by atoms with van der Waals surface area (Å²) in [5, 5.41) is 10.3. The Labute approximate surface area is 183 Å². The molecule has 0 amide bonds. The van der Waals surface area contributed by atoms with E-state index in [1.807, 2.05) is 7.05 Å². The Morgan fingerprint density at radius 1 is 1.19 bits per heavy atom. The first-order valence-electron chi connectivity index (χ1n) is 10.8. The fourth-order valence-corrected chi connectivity index (χ4v) is 6.11. The first kappa shape index (κ1) is 21.8. The van der Waals surface area contributed by atoms with E-state index < -0.39 is 10.0 Å². The number of nitrogens with zero attached hydrogens (tertiary/aromatic N) is 4. The molecule has 0 bridgehead atoms. The van der Waals surface area contributed by atoms with E-state index in [1.54, 1.807) is 42.6 Å². The molecular formula is C23H30N4O3S. The summed E-state index contributed by atoms with van der Waals surface area (Å²) in [7, 11) is -1.72. The van der Waals surface area contributed by atoms with Crippen LogP contribution in [-0.4, -0.2) is 47.2 Å². The molecule has 0 unspecified atom stereocenters. The van der Waals surface area contributed by atoms with Gasteiger partial charge in [0.2, 0.25) is 0 Å². The van der Waals surface area contributed by atoms with Gasteiger partial charge in [0.05, 0.1) is 10.3 Å². The quantitative estimate of drug-likeness (QED) is 0.628. The summed E-state index contributed by atoms with van der Waals surface area (Å²) < 4.78 is 27.6. The molecule has 1 fully saturated rings. The van der Waals surface area contributed by atoms with Crippen LogP contribution in [0.25, 0.3) is 11.0 Å². The predicted octanol–water partition coefficient (Wildman–Crippen LogP) is 3.54. The molecule has 1 aliphatic carbocycles. The summed E-state index contributed by atoms with van der Waals surface area (Å²) in [6, 6.07) is 10.4. The monoisotopic (exact) mass is 442 g/mol. The number of aliphatic hydroxyl groups excluding tert-OH is 1. The smallest absolute Gasteiger partial charge is 0.269 e. The van der Waals surface area contributed by atoms with Gasteiger partial charge >= 0.3 is 0 Å². The molecule has 0 spiro atoms. The van der Waals surface area contributed by atoms with Crippen molar-refractivity contribution < 1.29 is 13.5 Å². The first-order chi connectivity index (χ1) is 14.8. The van der Waals surface area contributed by atoms with E-state index in [0.29, 0.717) is 22.9 Å². The molecule has 1 saturated carbocycles. The molecule has 2 aromatic heterocycles. The minimum absolute atomic E-state index is 0.202. The van der Waals surface area contributed by atoms with Crippen LogP contribution in [0.4, 0.5) is 5.82 Å². The number of aliphatic hydroxyl groups is 1. The van der Waals surface area contributed by atoms with Crippen molar-refractivity contribution >= 4 is 26.9 Å². The zero-order valence-electron chi connectivity index (χ0n) is 18.2. The number of benzene rings is 1. The lowest BCUT2D eigenvalue weighted by atomic mass is 9.74. The van der Waals surface area contributed by atoms with Gasteiger partial charge in [-0.3, -0.25) is 0 Å². The highest BCUT2D eigenvalue weighted by atomic mass is 32.2. The summed E-state index contributed by atoms with van der Waals surface area (Å²) in [6.45, 7) is 4.56. The van der Waals surface area contributed by atoms with E-state index in [2.05, 4.69) is 28.7 Å². The highest BCUT2D eigenvalue weighted by molar-refractivity contribution is 7.90. The molecule has 4 rings (SSSR count). The fourth-order valence-electron chi connectivity index (χ4n) is 4.79. The van der Waals surface area contributed by atoms with Crippen LogP contribution in [0.3, 0.4) is 0 Å². The Morgan fingerprint density at radius 2 is 1.94 bits per heavy atom. The standard InChI is InChI=1S/C23H30N4O3S/c1-16-9-10-18(17(2)14-28)13-21(16)26(3)22-20-11-12-27(23(20)25-15-24-22)31(29,30)19-7-5-4-6-8-19/h4-8,11-12,15-18,21,28H,9-10,13-14H2,1-3H3/t16-,17+,18+,21+/m1/s1. The van der Waals surface area contributed by atoms with Crippen LogP contribution < -0.4 is 4.90 Å². The number of hydrogen-bond acceptors (Lipinski definition) is 6. The molecule has 3 aromatic rings. The molecule has 0 saturated heterocycles. The van der Waals surface area contributed by atoms with E-state index in [1.165, 1.54) is 10.3 Å². The minimum Gasteiger partial charge on any atom is -0.396 e. The average Bonchev–Trinajstić information content (AvgIpc) is 3.24. The van der Waals surface area contributed by atoms with E-state index in [-0.39, 0.29) is 23.5 Å². The summed E-state index contributed by atoms with van der Waals surface area (Å²) in [6.07, 6.45) is 6.19. The van der Waals surface area contributed by atoms with Crippen LogP contribution in [0.15, 0.2) is 53.8 Å². The lowest BCUT2D eigenvalue weighted by Gasteiger charge is -2.42. The SMILES string of the molecule is C[C@@H]1CC[C@H]([C@@H](C)CO)C[C@@H]1N(C)c1ncnc2c1ccn2S(=O)(=O)c1ccccc1. The van der Waals surface area contributed by atoms with Crippen LogP contribution in [0.2, 0.25) is 0 Å². The summed E-state index contributed by atoms with van der Waals surface area (Å²) in [4.78, 5) is 11.2. The molecular weight excluding hydrogens is 412 g/mol. The second kappa shape index (κ2) is 8.59. The Balaban J connectivity index is 1.71. The van der Waals surface area contributed by atoms with Gasteiger partial charge in [-0.15, -0.1) is 0 Å². The number of aromatic nitrogens is 3. The summed E-state index contributed by atoms with van der Waals surface area (Å²) in [5.41, 5.74) is 0.379. The van der Waals surface area contributed by atoms with E-state index in [9.17, 15) is 13.5 Å². The maximum Gasteiger partial charge on any atom is 0.269 e. The van der Waals surface area contributed by atoms with Gasteiger partial charge in [-0.2, -0.15) is 0 Å². The van der Waals surface area contributed by atoms with Gasteiger partial charge in [0.15, 0.2) is 5.65 Å². The lowest BCUT2D eigenvalue weighted by molar-refractivity contribution is 0.134. The van der Waals surface area contributed by atoms with E-state index in [4.69, 9.17) is 0 Å². The van der Waals surface area contributed by atoms with Crippen LogP contribution in [0.1, 0.15) is 33.1 Å². The van der Waals surface area contributed by atoms with Gasteiger partial charge in [0.1, 0.15) is 12.1 Å². The Kier molecular flexibility index (Phi) is 6.03. The van der Waals surface area contributed by atoms with Crippen molar-refractivity contribution in [2.24, 2.45) is 17.8 Å². The molecule has 0 aliphatic heterocycles. The summed E-state index contributed by atoms with van der Waals surface area (Å²) >= 11 is 0. The third kappa shape index (κ3) is 3.94. The number of anilines is 1. The minimum atomic E-state index is -3.74. The van der Waals surface area contributed by atoms with Gasteiger partial charge in [0, 0.05) is 25.9 Å². The van der Waals surface area contributed by atoms with Crippen LogP contribution in [0, 0.1) is 17.8 Å². The molecule has 8 heteroatoms. The second-order valence-electron chi connectivity index (χ2n) is 8.75. The van der Waals surface area contributed by atoms with Gasteiger partial charge in [-0.25, -0.2) is 22.4 Å². The van der Waals surface area contributed by atoms with Gasteiger partial charge < -0.3 is 10.0 Å². The van der Waals surface area contributed by atoms with Crippen LogP contribution in [0.5, 0.6) is 0 Å². The summed E-state index contributed by atoms with van der Waals surface area (Å²) in [5.74, 6) is 1.95. The van der Waals surface area contributed by atoms with E-state index in [0.717, 1.165) is 25.1 Å². The third-order valence-electron chi connectivity index (χ3n) is 6.85. The van der Waals surface area contributed by atoms with Crippen molar-refractivity contribution in [3.8, 4) is 0 Å². The maximum absolute atomic E-state index is 13.2. The van der Waals surface area contributed by atoms with Crippen molar-refractivity contribution in [1.29, 1.82) is 0 Å². The molecule has 0 radical (unpaired) electrons. The van der Waals surface area contributed by atoms with Crippen molar-refractivity contribution in [2.75, 3.05) is 18.6 Å². The first-order valence-corrected chi connectivity index (χ1v) is 12.2. The van der Waals surface area contributed by atoms with Crippen LogP contribution >= 0.6 is 0 Å². The van der Waals surface area contributed by atoms with Crippen molar-refractivity contribution in [1.82, 2.24) is 13.9 Å². The topological polar surface area (TPSA) is 88.3 Å². The van der Waals surface area contributed by atoms with Gasteiger partial charge in [-0.05, 0) is 55.2 Å². The maximum atomic E-state index is 13.2. The molecule has 7 nitrogen and oxygen atoms in total. The largest absolute Gasteiger partial charge is 0.396 e. The molecule has 1 aliphatic rings. The fraction of sp³-hybridized carbons (Fsp3) is 0.478. The van der Waals surface area contributed by atoms with Crippen molar-refractivity contribution in [3.63, 3.8) is 0 Å². The second-order valence-corrected chi connectivity index (χ2v) is 10.6. The Morgan fingerprint density at radius 3 is 2.65 bits per heavy atom. The molecule has 2 heterocycles. The number of fused-ring (bicyclic) bond motifs is 1. The van der Waals surface area contributed by atoms with Crippen molar-refractivity contribution in [3.05, 3.63) is 48.9 Å².